The summed E-state index contributed by atoms with van der Waals surface area (Å²) in [5, 5.41) is 15.0. The van der Waals surface area contributed by atoms with Gasteiger partial charge in [-0.15, -0.1) is 0 Å². The van der Waals surface area contributed by atoms with Crippen LogP contribution in [0.25, 0.3) is 22.4 Å². The van der Waals surface area contributed by atoms with Gasteiger partial charge < -0.3 is 14.5 Å². The highest BCUT2D eigenvalue weighted by Crippen LogP contribution is 2.35. The number of aromatic nitrogens is 1. The van der Waals surface area contributed by atoms with Crippen molar-refractivity contribution < 1.29 is 14.4 Å². The van der Waals surface area contributed by atoms with Gasteiger partial charge in [0, 0.05) is 24.1 Å². The molecule has 0 unspecified atom stereocenters. The smallest absolute Gasteiger partial charge is 0.254 e. The van der Waals surface area contributed by atoms with E-state index >= 15 is 0 Å². The largest absolute Gasteiger partial charge is 0.380 e. The molecule has 1 fully saturated rings. The number of amides is 1. The van der Waals surface area contributed by atoms with E-state index in [1.54, 1.807) is 4.90 Å². The van der Waals surface area contributed by atoms with Crippen LogP contribution in [0, 0.1) is 0 Å². The molecule has 5 nitrogen and oxygen atoms in total. The number of fused-ring (bicyclic) bond motifs is 1. The predicted molar refractivity (Wildman–Crippen MR) is 110 cm³/mol. The molecule has 1 saturated carbocycles. The van der Waals surface area contributed by atoms with Crippen LogP contribution in [0.3, 0.4) is 0 Å². The van der Waals surface area contributed by atoms with Crippen LogP contribution < -0.4 is 0 Å². The minimum Gasteiger partial charge on any atom is -0.380 e. The lowest BCUT2D eigenvalue weighted by atomic mass is 9.96. The second-order valence-corrected chi connectivity index (χ2v) is 8.09. The van der Waals surface area contributed by atoms with Crippen LogP contribution in [-0.2, 0) is 17.8 Å². The number of carbonyl (C=O) groups excluding carboxylic acids is 1. The molecular weight excluding hydrogens is 364 g/mol. The van der Waals surface area contributed by atoms with Gasteiger partial charge in [-0.3, -0.25) is 4.79 Å². The van der Waals surface area contributed by atoms with Crippen molar-refractivity contribution in [1.82, 2.24) is 10.1 Å². The molecule has 1 aromatic heterocycles. The molecule has 1 amide bonds. The van der Waals surface area contributed by atoms with Gasteiger partial charge >= 0.3 is 0 Å². The number of benzene rings is 2. The molecule has 0 radical (unpaired) electrons. The first kappa shape index (κ1) is 18.1. The van der Waals surface area contributed by atoms with Crippen LogP contribution in [0.5, 0.6) is 0 Å². The third-order valence-corrected chi connectivity index (χ3v) is 6.21. The normalized spacial score (nSPS) is 17.9. The summed E-state index contributed by atoms with van der Waals surface area (Å²) in [5.41, 5.74) is 3.85. The molecule has 0 bridgehead atoms. The zero-order valence-electron chi connectivity index (χ0n) is 16.3. The molecule has 0 atom stereocenters. The van der Waals surface area contributed by atoms with E-state index in [1.165, 1.54) is 5.56 Å². The Morgan fingerprint density at radius 3 is 2.34 bits per heavy atom. The summed E-state index contributed by atoms with van der Waals surface area (Å²) in [6.07, 6.45) is 3.58. The van der Waals surface area contributed by atoms with Crippen molar-refractivity contribution in [2.45, 2.75) is 44.2 Å². The fourth-order valence-corrected chi connectivity index (χ4v) is 4.53. The van der Waals surface area contributed by atoms with Crippen LogP contribution in [0.4, 0.5) is 0 Å². The molecular formula is C24H24N2O3. The average Bonchev–Trinajstić information content (AvgIpc) is 3.41. The monoisotopic (exact) mass is 388 g/mol. The van der Waals surface area contributed by atoms with Crippen molar-refractivity contribution in [1.29, 1.82) is 0 Å². The van der Waals surface area contributed by atoms with Crippen LogP contribution >= 0.6 is 0 Å². The Morgan fingerprint density at radius 1 is 0.966 bits per heavy atom. The van der Waals surface area contributed by atoms with E-state index in [9.17, 15) is 9.90 Å². The molecule has 2 heterocycles. The Labute approximate surface area is 169 Å². The maximum absolute atomic E-state index is 12.9. The van der Waals surface area contributed by atoms with Gasteiger partial charge in [-0.25, -0.2) is 0 Å². The molecule has 5 rings (SSSR count). The zero-order valence-corrected chi connectivity index (χ0v) is 16.3. The van der Waals surface area contributed by atoms with Crippen LogP contribution in [0.2, 0.25) is 0 Å². The minimum absolute atomic E-state index is 0.146. The standard InChI is InChI=1S/C24H24N2O3/c27-23(24(28)13-4-5-14-24)26-15-12-21-20(16-26)22(25-29-21)19-10-8-18(9-11-19)17-6-2-1-3-7-17/h1-3,6-11,28H,4-5,12-16H2. The molecule has 148 valence electrons. The summed E-state index contributed by atoms with van der Waals surface area (Å²) in [5.74, 6) is 0.696. The number of carbonyl (C=O) groups is 1. The van der Waals surface area contributed by atoms with Crippen molar-refractivity contribution >= 4 is 5.91 Å². The van der Waals surface area contributed by atoms with Gasteiger partial charge in [-0.1, -0.05) is 59.8 Å². The van der Waals surface area contributed by atoms with Gasteiger partial charge in [0.15, 0.2) is 0 Å². The lowest BCUT2D eigenvalue weighted by Gasteiger charge is -2.32. The molecule has 0 spiro atoms. The molecule has 2 aromatic carbocycles. The SMILES string of the molecule is O=C(N1CCc2onc(-c3ccc(-c4ccccc4)cc3)c2C1)C1(O)CCCC1. The Bertz CT molecular complexity index is 1020. The van der Waals surface area contributed by atoms with Crippen molar-refractivity contribution in [2.24, 2.45) is 0 Å². The fraction of sp³-hybridized carbons (Fsp3) is 0.333. The van der Waals surface area contributed by atoms with Crippen LogP contribution in [0.1, 0.15) is 37.0 Å². The highest BCUT2D eigenvalue weighted by atomic mass is 16.5. The summed E-state index contributed by atoms with van der Waals surface area (Å²) in [7, 11) is 0. The Balaban J connectivity index is 1.40. The maximum Gasteiger partial charge on any atom is 0.254 e. The van der Waals surface area contributed by atoms with E-state index in [1.807, 2.05) is 30.3 Å². The molecule has 2 aliphatic rings. The van der Waals surface area contributed by atoms with Crippen molar-refractivity contribution in [3.8, 4) is 22.4 Å². The van der Waals surface area contributed by atoms with Gasteiger partial charge in [-0.2, -0.15) is 0 Å². The highest BCUT2D eigenvalue weighted by molar-refractivity contribution is 5.85. The lowest BCUT2D eigenvalue weighted by Crippen LogP contribution is -2.48. The number of hydrogen-bond acceptors (Lipinski definition) is 4. The summed E-state index contributed by atoms with van der Waals surface area (Å²) >= 11 is 0. The highest BCUT2D eigenvalue weighted by Gasteiger charge is 2.43. The lowest BCUT2D eigenvalue weighted by molar-refractivity contribution is -0.151. The van der Waals surface area contributed by atoms with E-state index in [0.29, 0.717) is 32.4 Å². The van der Waals surface area contributed by atoms with E-state index in [0.717, 1.165) is 41.0 Å². The van der Waals surface area contributed by atoms with E-state index in [2.05, 4.69) is 29.4 Å². The second kappa shape index (κ2) is 7.16. The van der Waals surface area contributed by atoms with Gasteiger partial charge in [0.25, 0.3) is 5.91 Å². The van der Waals surface area contributed by atoms with Crippen molar-refractivity contribution in [3.05, 3.63) is 65.9 Å². The third kappa shape index (κ3) is 3.25. The molecule has 1 aliphatic carbocycles. The molecule has 5 heteroatoms. The third-order valence-electron chi connectivity index (χ3n) is 6.21. The first-order valence-electron chi connectivity index (χ1n) is 10.3. The molecule has 3 aromatic rings. The summed E-state index contributed by atoms with van der Waals surface area (Å²) in [4.78, 5) is 14.7. The van der Waals surface area contributed by atoms with E-state index < -0.39 is 5.60 Å². The second-order valence-electron chi connectivity index (χ2n) is 8.09. The number of hydrogen-bond donors (Lipinski definition) is 1. The first-order valence-corrected chi connectivity index (χ1v) is 10.3. The van der Waals surface area contributed by atoms with Crippen molar-refractivity contribution in [2.75, 3.05) is 6.54 Å². The molecule has 0 saturated heterocycles. The van der Waals surface area contributed by atoms with Gasteiger partial charge in [0.05, 0.1) is 6.54 Å². The van der Waals surface area contributed by atoms with Gasteiger partial charge in [0.1, 0.15) is 17.1 Å². The van der Waals surface area contributed by atoms with E-state index in [4.69, 9.17) is 4.52 Å². The van der Waals surface area contributed by atoms with Gasteiger partial charge in [-0.05, 0) is 36.8 Å². The fourth-order valence-electron chi connectivity index (χ4n) is 4.53. The Kier molecular flexibility index (Phi) is 4.47. The van der Waals surface area contributed by atoms with Crippen molar-refractivity contribution in [3.63, 3.8) is 0 Å². The van der Waals surface area contributed by atoms with Crippen LogP contribution in [0.15, 0.2) is 59.1 Å². The Morgan fingerprint density at radius 2 is 1.62 bits per heavy atom. The summed E-state index contributed by atoms with van der Waals surface area (Å²) in [6, 6.07) is 18.5. The maximum atomic E-state index is 12.9. The first-order chi connectivity index (χ1) is 14.1. The zero-order chi connectivity index (χ0) is 19.8. The summed E-state index contributed by atoms with van der Waals surface area (Å²) < 4.78 is 5.58. The number of rotatable bonds is 3. The number of aliphatic hydroxyl groups is 1. The average molecular weight is 388 g/mol. The van der Waals surface area contributed by atoms with E-state index in [-0.39, 0.29) is 5.91 Å². The quantitative estimate of drug-likeness (QED) is 0.730. The number of nitrogens with zero attached hydrogens (tertiary/aromatic N) is 2. The Hall–Kier alpha value is -2.92. The minimum atomic E-state index is -1.19. The predicted octanol–water partition coefficient (Wildman–Crippen LogP) is 4.20. The molecule has 29 heavy (non-hydrogen) atoms. The van der Waals surface area contributed by atoms with Gasteiger partial charge in [0.2, 0.25) is 0 Å². The topological polar surface area (TPSA) is 66.6 Å². The molecule has 1 N–H and O–H groups in total. The van der Waals surface area contributed by atoms with Crippen LogP contribution in [-0.4, -0.2) is 33.2 Å². The summed E-state index contributed by atoms with van der Waals surface area (Å²) in [6.45, 7) is 1.01. The molecule has 1 aliphatic heterocycles.